The van der Waals surface area contributed by atoms with Gasteiger partial charge in [0.2, 0.25) is 0 Å². The van der Waals surface area contributed by atoms with Crippen molar-refractivity contribution in [3.63, 3.8) is 0 Å². The predicted molar refractivity (Wildman–Crippen MR) is 44.2 cm³/mol. The average Bonchev–Trinajstić information content (AvgIpc) is 1.90. The SMILES string of the molecule is OP(S)c1ccccc1. The predicted octanol–water partition coefficient (Wildman–Crippen LogP) is 1.55. The molecule has 3 heteroatoms. The van der Waals surface area contributed by atoms with Gasteiger partial charge in [0.25, 0.3) is 0 Å². The zero-order valence-electron chi connectivity index (χ0n) is 4.73. The molecule has 0 spiro atoms. The zero-order valence-corrected chi connectivity index (χ0v) is 6.52. The molecule has 1 aromatic rings. The summed E-state index contributed by atoms with van der Waals surface area (Å²) in [5.41, 5.74) is 0. The van der Waals surface area contributed by atoms with Crippen LogP contribution in [-0.4, -0.2) is 4.89 Å². The quantitative estimate of drug-likeness (QED) is 0.469. The van der Waals surface area contributed by atoms with Crippen molar-refractivity contribution >= 4 is 24.9 Å². The normalized spacial score (nSPS) is 13.1. The van der Waals surface area contributed by atoms with Crippen LogP contribution in [0.1, 0.15) is 0 Å². The highest BCUT2D eigenvalue weighted by Gasteiger charge is 1.96. The van der Waals surface area contributed by atoms with Crippen molar-refractivity contribution in [2.45, 2.75) is 0 Å². The summed E-state index contributed by atoms with van der Waals surface area (Å²) >= 11 is 3.91. The molecule has 0 aromatic heterocycles. The van der Waals surface area contributed by atoms with E-state index in [1.54, 1.807) is 0 Å². The van der Waals surface area contributed by atoms with Crippen LogP contribution in [0.15, 0.2) is 30.3 Å². The van der Waals surface area contributed by atoms with Gasteiger partial charge in [0.1, 0.15) is 7.35 Å². The van der Waals surface area contributed by atoms with Gasteiger partial charge in [0.15, 0.2) is 0 Å². The van der Waals surface area contributed by atoms with Gasteiger partial charge in [0, 0.05) is 5.30 Å². The largest absolute Gasteiger partial charge is 0.359 e. The van der Waals surface area contributed by atoms with E-state index in [-0.39, 0.29) is 0 Å². The molecule has 0 fully saturated rings. The molecule has 0 saturated heterocycles. The van der Waals surface area contributed by atoms with Gasteiger partial charge >= 0.3 is 0 Å². The Labute approximate surface area is 60.7 Å². The fraction of sp³-hybridized carbons (Fsp3) is 0. The number of hydrogen-bond acceptors (Lipinski definition) is 2. The molecule has 48 valence electrons. The smallest absolute Gasteiger partial charge is 0.114 e. The number of rotatable bonds is 1. The highest BCUT2D eigenvalue weighted by Crippen LogP contribution is 2.32. The Morgan fingerprint density at radius 3 is 2.11 bits per heavy atom. The zero-order chi connectivity index (χ0) is 6.69. The van der Waals surface area contributed by atoms with Crippen molar-refractivity contribution in [3.8, 4) is 0 Å². The summed E-state index contributed by atoms with van der Waals surface area (Å²) in [6.45, 7) is 0. The van der Waals surface area contributed by atoms with E-state index in [0.29, 0.717) is 0 Å². The Balaban J connectivity index is 2.85. The van der Waals surface area contributed by atoms with E-state index in [1.807, 2.05) is 30.3 Å². The van der Waals surface area contributed by atoms with Crippen molar-refractivity contribution in [1.29, 1.82) is 0 Å². The lowest BCUT2D eigenvalue weighted by Gasteiger charge is -1.99. The molecule has 1 unspecified atom stereocenters. The van der Waals surface area contributed by atoms with Crippen LogP contribution >= 0.6 is 19.6 Å². The molecule has 0 radical (unpaired) electrons. The van der Waals surface area contributed by atoms with E-state index in [4.69, 9.17) is 4.89 Å². The van der Waals surface area contributed by atoms with Crippen molar-refractivity contribution in [1.82, 2.24) is 0 Å². The minimum absolute atomic E-state index is 0.899. The van der Waals surface area contributed by atoms with E-state index in [1.165, 1.54) is 0 Å². The van der Waals surface area contributed by atoms with Crippen LogP contribution in [0.25, 0.3) is 0 Å². The highest BCUT2D eigenvalue weighted by molar-refractivity contribution is 8.45. The molecule has 0 amide bonds. The summed E-state index contributed by atoms with van der Waals surface area (Å²) < 4.78 is 0. The Morgan fingerprint density at radius 1 is 1.22 bits per heavy atom. The first kappa shape index (κ1) is 7.07. The molecule has 0 bridgehead atoms. The Kier molecular flexibility index (Phi) is 2.52. The van der Waals surface area contributed by atoms with Crippen molar-refractivity contribution in [2.24, 2.45) is 0 Å². The summed E-state index contributed by atoms with van der Waals surface area (Å²) in [6, 6.07) is 9.40. The fourth-order valence-corrected chi connectivity index (χ4v) is 1.40. The summed E-state index contributed by atoms with van der Waals surface area (Å²) in [4.78, 5) is 8.95. The fourth-order valence-electron chi connectivity index (χ4n) is 0.561. The number of benzene rings is 1. The average molecular weight is 158 g/mol. The van der Waals surface area contributed by atoms with E-state index < -0.39 is 7.35 Å². The molecule has 0 heterocycles. The van der Waals surface area contributed by atoms with Crippen LogP contribution in [0.3, 0.4) is 0 Å². The van der Waals surface area contributed by atoms with Gasteiger partial charge in [0.05, 0.1) is 0 Å². The lowest BCUT2D eigenvalue weighted by atomic mass is 10.4. The summed E-state index contributed by atoms with van der Waals surface area (Å²) in [6.07, 6.45) is 0. The van der Waals surface area contributed by atoms with Gasteiger partial charge in [-0.1, -0.05) is 30.3 Å². The third-order valence-corrected chi connectivity index (χ3v) is 2.44. The first-order valence-corrected chi connectivity index (χ1v) is 4.98. The molecule has 1 aromatic carbocycles. The van der Waals surface area contributed by atoms with Crippen molar-refractivity contribution in [3.05, 3.63) is 30.3 Å². The van der Waals surface area contributed by atoms with E-state index in [0.717, 1.165) is 5.30 Å². The lowest BCUT2D eigenvalue weighted by molar-refractivity contribution is 0.651. The van der Waals surface area contributed by atoms with E-state index in [9.17, 15) is 0 Å². The van der Waals surface area contributed by atoms with Gasteiger partial charge in [-0.15, -0.1) is 12.2 Å². The maximum atomic E-state index is 8.95. The van der Waals surface area contributed by atoms with Gasteiger partial charge in [-0.2, -0.15) is 0 Å². The second kappa shape index (κ2) is 3.21. The second-order valence-corrected chi connectivity index (χ2v) is 3.86. The number of thiol groups is 1. The topological polar surface area (TPSA) is 20.2 Å². The molecule has 0 saturated carbocycles. The number of hydrogen-bond donors (Lipinski definition) is 2. The maximum absolute atomic E-state index is 8.95. The van der Waals surface area contributed by atoms with Crippen LogP contribution in [-0.2, 0) is 0 Å². The third-order valence-electron chi connectivity index (χ3n) is 0.987. The Bertz CT molecular complexity index is 176. The molecule has 1 atom stereocenters. The standard InChI is InChI=1S/C6H7OPS/c7-8(9)6-4-2-1-3-5-6/h1-5,7,9H. The molecule has 9 heavy (non-hydrogen) atoms. The van der Waals surface area contributed by atoms with Gasteiger partial charge in [-0.25, -0.2) is 0 Å². The molecule has 0 aliphatic rings. The molecule has 0 aliphatic heterocycles. The molecular weight excluding hydrogens is 151 g/mol. The molecule has 1 N–H and O–H groups in total. The third kappa shape index (κ3) is 1.98. The van der Waals surface area contributed by atoms with Crippen LogP contribution < -0.4 is 5.30 Å². The van der Waals surface area contributed by atoms with Gasteiger partial charge in [-0.3, -0.25) is 0 Å². The second-order valence-electron chi connectivity index (χ2n) is 1.62. The summed E-state index contributed by atoms with van der Waals surface area (Å²) in [5, 5.41) is 0.899. The molecule has 0 aliphatic carbocycles. The van der Waals surface area contributed by atoms with Gasteiger partial charge < -0.3 is 4.89 Å². The van der Waals surface area contributed by atoms with Crippen LogP contribution in [0, 0.1) is 0 Å². The van der Waals surface area contributed by atoms with Crippen molar-refractivity contribution in [2.75, 3.05) is 0 Å². The first-order valence-electron chi connectivity index (χ1n) is 2.53. The molecular formula is C6H7OPS. The lowest BCUT2D eigenvalue weighted by Crippen LogP contribution is -1.92. The summed E-state index contributed by atoms with van der Waals surface area (Å²) in [7, 11) is -1.20. The monoisotopic (exact) mass is 158 g/mol. The molecule has 1 nitrogen and oxygen atoms in total. The van der Waals surface area contributed by atoms with E-state index in [2.05, 4.69) is 12.2 Å². The van der Waals surface area contributed by atoms with Crippen LogP contribution in [0.4, 0.5) is 0 Å². The van der Waals surface area contributed by atoms with E-state index >= 15 is 0 Å². The van der Waals surface area contributed by atoms with Crippen molar-refractivity contribution < 1.29 is 4.89 Å². The molecule has 1 rings (SSSR count). The van der Waals surface area contributed by atoms with Gasteiger partial charge in [-0.05, 0) is 0 Å². The summed E-state index contributed by atoms with van der Waals surface area (Å²) in [5.74, 6) is 0. The minimum Gasteiger partial charge on any atom is -0.359 e. The maximum Gasteiger partial charge on any atom is 0.114 e. The minimum atomic E-state index is -1.20. The van der Waals surface area contributed by atoms with Crippen LogP contribution in [0.5, 0.6) is 0 Å². The van der Waals surface area contributed by atoms with Crippen LogP contribution in [0.2, 0.25) is 0 Å². The highest BCUT2D eigenvalue weighted by atomic mass is 32.7. The first-order chi connectivity index (χ1) is 4.30. The Hall–Kier alpha value is -0.0400. The Morgan fingerprint density at radius 2 is 1.78 bits per heavy atom.